The van der Waals surface area contributed by atoms with Crippen molar-refractivity contribution in [1.82, 2.24) is 10.6 Å². The van der Waals surface area contributed by atoms with Gasteiger partial charge < -0.3 is 20.1 Å². The van der Waals surface area contributed by atoms with Gasteiger partial charge in [-0.05, 0) is 23.1 Å². The molecule has 3 aromatic rings. The number of methoxy groups -OCH3 is 1. The molecule has 3 rings (SSSR count). The number of ether oxygens (including phenoxy) is 2. The zero-order valence-corrected chi connectivity index (χ0v) is 20.1. The molecule has 0 aromatic heterocycles. The number of esters is 1. The number of hydrogen-bond acceptors (Lipinski definition) is 5. The average molecular weight is 487 g/mol. The number of amides is 2. The predicted octanol–water partition coefficient (Wildman–Crippen LogP) is 4.29. The summed E-state index contributed by atoms with van der Waals surface area (Å²) in [6.07, 6.45) is 3.38. The number of hydrogen-bond donors (Lipinski definition) is 2. The highest BCUT2D eigenvalue weighted by Gasteiger charge is 2.27. The number of rotatable bonds is 11. The molecule has 0 fully saturated rings. The molecule has 2 N–H and O–H groups in total. The van der Waals surface area contributed by atoms with E-state index in [1.54, 1.807) is 6.08 Å². The van der Waals surface area contributed by atoms with Crippen LogP contribution in [0.5, 0.6) is 0 Å². The SMILES string of the molecule is COC(=O)[C@H](C/C=C/c1ccccc1)NC(=O)[C@H](Cc1ccccc1)NC(=O)OCc1ccccc1. The number of alkyl carbamates (subject to hydrolysis) is 1. The van der Waals surface area contributed by atoms with Crippen LogP contribution in [0.2, 0.25) is 0 Å². The van der Waals surface area contributed by atoms with Crippen molar-refractivity contribution in [2.75, 3.05) is 7.11 Å². The molecule has 0 aliphatic carbocycles. The van der Waals surface area contributed by atoms with Gasteiger partial charge in [0.2, 0.25) is 5.91 Å². The summed E-state index contributed by atoms with van der Waals surface area (Å²) in [6.45, 7) is 0.0708. The summed E-state index contributed by atoms with van der Waals surface area (Å²) in [4.78, 5) is 38.1. The Morgan fingerprint density at radius 1 is 0.778 bits per heavy atom. The lowest BCUT2D eigenvalue weighted by molar-refractivity contribution is -0.145. The molecule has 0 unspecified atom stereocenters. The largest absolute Gasteiger partial charge is 0.467 e. The van der Waals surface area contributed by atoms with Crippen LogP contribution in [0.3, 0.4) is 0 Å². The fraction of sp³-hybridized carbons (Fsp3) is 0.207. The fourth-order valence-corrected chi connectivity index (χ4v) is 3.50. The summed E-state index contributed by atoms with van der Waals surface area (Å²) in [5.41, 5.74) is 2.64. The van der Waals surface area contributed by atoms with Gasteiger partial charge in [0.15, 0.2) is 0 Å². The maximum absolute atomic E-state index is 13.2. The van der Waals surface area contributed by atoms with Gasteiger partial charge in [-0.3, -0.25) is 4.79 Å². The van der Waals surface area contributed by atoms with E-state index in [1.807, 2.05) is 97.1 Å². The number of carbonyl (C=O) groups excluding carboxylic acids is 3. The molecule has 186 valence electrons. The third-order valence-corrected chi connectivity index (χ3v) is 5.39. The molecular formula is C29H30N2O5. The van der Waals surface area contributed by atoms with Crippen LogP contribution in [0.15, 0.2) is 97.1 Å². The molecule has 0 heterocycles. The van der Waals surface area contributed by atoms with Gasteiger partial charge in [-0.1, -0.05) is 103 Å². The van der Waals surface area contributed by atoms with Crippen LogP contribution >= 0.6 is 0 Å². The minimum Gasteiger partial charge on any atom is -0.467 e. The molecule has 0 bridgehead atoms. The first-order chi connectivity index (χ1) is 17.5. The van der Waals surface area contributed by atoms with Crippen molar-refractivity contribution >= 4 is 24.0 Å². The zero-order chi connectivity index (χ0) is 25.6. The van der Waals surface area contributed by atoms with E-state index >= 15 is 0 Å². The van der Waals surface area contributed by atoms with E-state index in [2.05, 4.69) is 10.6 Å². The number of carbonyl (C=O) groups is 3. The van der Waals surface area contributed by atoms with Crippen LogP contribution in [0, 0.1) is 0 Å². The Hall–Kier alpha value is -4.39. The van der Waals surface area contributed by atoms with Crippen molar-refractivity contribution in [2.45, 2.75) is 31.5 Å². The monoisotopic (exact) mass is 486 g/mol. The van der Waals surface area contributed by atoms with E-state index in [1.165, 1.54) is 7.11 Å². The molecule has 2 amide bonds. The summed E-state index contributed by atoms with van der Waals surface area (Å²) < 4.78 is 10.2. The predicted molar refractivity (Wildman–Crippen MR) is 138 cm³/mol. The van der Waals surface area contributed by atoms with E-state index in [0.29, 0.717) is 0 Å². The highest BCUT2D eigenvalue weighted by molar-refractivity contribution is 5.90. The summed E-state index contributed by atoms with van der Waals surface area (Å²) in [5.74, 6) is -1.09. The van der Waals surface area contributed by atoms with Crippen LogP contribution in [-0.2, 0) is 32.1 Å². The van der Waals surface area contributed by atoms with Crippen molar-refractivity contribution in [3.8, 4) is 0 Å². The normalized spacial score (nSPS) is 12.4. The first-order valence-electron chi connectivity index (χ1n) is 11.7. The smallest absolute Gasteiger partial charge is 0.408 e. The van der Waals surface area contributed by atoms with Crippen LogP contribution in [-0.4, -0.2) is 37.2 Å². The van der Waals surface area contributed by atoms with Gasteiger partial charge in [0.1, 0.15) is 18.7 Å². The van der Waals surface area contributed by atoms with Crippen molar-refractivity contribution in [3.63, 3.8) is 0 Å². The van der Waals surface area contributed by atoms with E-state index in [4.69, 9.17) is 9.47 Å². The maximum atomic E-state index is 13.2. The average Bonchev–Trinajstić information content (AvgIpc) is 2.92. The van der Waals surface area contributed by atoms with Gasteiger partial charge in [0.25, 0.3) is 0 Å². The third kappa shape index (κ3) is 8.76. The fourth-order valence-electron chi connectivity index (χ4n) is 3.50. The van der Waals surface area contributed by atoms with E-state index in [0.717, 1.165) is 16.7 Å². The summed E-state index contributed by atoms with van der Waals surface area (Å²) in [5, 5.41) is 5.35. The van der Waals surface area contributed by atoms with Gasteiger partial charge in [-0.15, -0.1) is 0 Å². The van der Waals surface area contributed by atoms with Gasteiger partial charge in [0, 0.05) is 6.42 Å². The lowest BCUT2D eigenvalue weighted by Crippen LogP contribution is -2.52. The lowest BCUT2D eigenvalue weighted by atomic mass is 10.0. The highest BCUT2D eigenvalue weighted by atomic mass is 16.5. The minimum atomic E-state index is -0.957. The van der Waals surface area contributed by atoms with E-state index in [9.17, 15) is 14.4 Å². The first-order valence-corrected chi connectivity index (χ1v) is 11.7. The van der Waals surface area contributed by atoms with E-state index in [-0.39, 0.29) is 19.4 Å². The first kappa shape index (κ1) is 26.2. The molecule has 2 atom stereocenters. The van der Waals surface area contributed by atoms with Gasteiger partial charge in [-0.2, -0.15) is 0 Å². The van der Waals surface area contributed by atoms with Crippen molar-refractivity contribution in [1.29, 1.82) is 0 Å². The maximum Gasteiger partial charge on any atom is 0.408 e. The van der Waals surface area contributed by atoms with Crippen LogP contribution in [0.25, 0.3) is 6.08 Å². The van der Waals surface area contributed by atoms with Crippen molar-refractivity contribution in [3.05, 3.63) is 114 Å². The Morgan fingerprint density at radius 3 is 1.97 bits per heavy atom. The molecule has 0 saturated carbocycles. The zero-order valence-electron chi connectivity index (χ0n) is 20.1. The van der Waals surface area contributed by atoms with Crippen molar-refractivity contribution in [2.24, 2.45) is 0 Å². The lowest BCUT2D eigenvalue weighted by Gasteiger charge is -2.22. The topological polar surface area (TPSA) is 93.7 Å². The van der Waals surface area contributed by atoms with Gasteiger partial charge in [-0.25, -0.2) is 9.59 Å². The second-order valence-corrected chi connectivity index (χ2v) is 8.08. The molecule has 36 heavy (non-hydrogen) atoms. The molecule has 7 nitrogen and oxygen atoms in total. The quantitative estimate of drug-likeness (QED) is 0.395. The highest BCUT2D eigenvalue weighted by Crippen LogP contribution is 2.08. The molecule has 0 saturated heterocycles. The summed E-state index contributed by atoms with van der Waals surface area (Å²) >= 11 is 0. The van der Waals surface area contributed by atoms with Crippen LogP contribution < -0.4 is 10.6 Å². The number of benzene rings is 3. The molecular weight excluding hydrogens is 456 g/mol. The van der Waals surface area contributed by atoms with Gasteiger partial charge >= 0.3 is 12.1 Å². The molecule has 0 aliphatic heterocycles. The Labute approximate surface area is 211 Å². The minimum absolute atomic E-state index is 0.0708. The Balaban J connectivity index is 1.67. The van der Waals surface area contributed by atoms with E-state index < -0.39 is 30.1 Å². The van der Waals surface area contributed by atoms with Gasteiger partial charge in [0.05, 0.1) is 7.11 Å². The second-order valence-electron chi connectivity index (χ2n) is 8.08. The molecule has 3 aromatic carbocycles. The third-order valence-electron chi connectivity index (χ3n) is 5.39. The summed E-state index contributed by atoms with van der Waals surface area (Å²) in [7, 11) is 1.27. The Kier molecular flexibility index (Phi) is 10.3. The standard InChI is InChI=1S/C29H30N2O5/c1-35-28(33)25(19-11-18-22-12-5-2-6-13-22)30-27(32)26(20-23-14-7-3-8-15-23)31-29(34)36-21-24-16-9-4-10-17-24/h2-18,25-26H,19-21H2,1H3,(H,30,32)(H,31,34)/b18-11+/t25-,26-/m0/s1. The molecule has 0 aliphatic rings. The molecule has 0 radical (unpaired) electrons. The van der Waals surface area contributed by atoms with Crippen LogP contribution in [0.4, 0.5) is 4.79 Å². The molecule has 0 spiro atoms. The summed E-state index contributed by atoms with van der Waals surface area (Å²) in [6, 6.07) is 26.3. The second kappa shape index (κ2) is 14.1. The molecule has 7 heteroatoms. The Bertz CT molecular complexity index is 1130. The number of nitrogens with one attached hydrogen (secondary N) is 2. The Morgan fingerprint density at radius 2 is 1.36 bits per heavy atom. The van der Waals surface area contributed by atoms with Crippen LogP contribution in [0.1, 0.15) is 23.1 Å². The van der Waals surface area contributed by atoms with Crippen molar-refractivity contribution < 1.29 is 23.9 Å².